The van der Waals surface area contributed by atoms with E-state index in [2.05, 4.69) is 10.3 Å². The van der Waals surface area contributed by atoms with Crippen LogP contribution in [0.2, 0.25) is 5.02 Å². The maximum atomic E-state index is 12.0. The summed E-state index contributed by atoms with van der Waals surface area (Å²) in [7, 11) is 0. The molecule has 2 N–H and O–H groups in total. The summed E-state index contributed by atoms with van der Waals surface area (Å²) in [4.78, 5) is 27.5. The number of aliphatic carboxylic acids is 1. The maximum Gasteiger partial charge on any atom is 0.308 e. The van der Waals surface area contributed by atoms with Crippen molar-refractivity contribution in [3.05, 3.63) is 40.4 Å². The van der Waals surface area contributed by atoms with Crippen LogP contribution in [0.15, 0.2) is 29.6 Å². The quantitative estimate of drug-likeness (QED) is 0.747. The van der Waals surface area contributed by atoms with Crippen molar-refractivity contribution in [2.45, 2.75) is 26.2 Å². The van der Waals surface area contributed by atoms with E-state index in [9.17, 15) is 9.59 Å². The second-order valence-corrected chi connectivity index (χ2v) is 6.69. The summed E-state index contributed by atoms with van der Waals surface area (Å²) in [5.41, 5.74) is 1.49. The third-order valence-corrected chi connectivity index (χ3v) is 4.78. The number of hydrogen-bond donors (Lipinski definition) is 2. The van der Waals surface area contributed by atoms with Crippen molar-refractivity contribution in [1.82, 2.24) is 10.3 Å². The summed E-state index contributed by atoms with van der Waals surface area (Å²) in [5, 5.41) is 15.0. The molecule has 2 rings (SSSR count). The largest absolute Gasteiger partial charge is 0.481 e. The molecule has 7 heteroatoms. The lowest BCUT2D eigenvalue weighted by atomic mass is 10.0. The Bertz CT molecular complexity index is 717. The second kappa shape index (κ2) is 8.80. The number of amides is 1. The van der Waals surface area contributed by atoms with Crippen LogP contribution >= 0.6 is 22.9 Å². The van der Waals surface area contributed by atoms with Gasteiger partial charge in [-0.15, -0.1) is 11.3 Å². The molecule has 0 bridgehead atoms. The number of carbonyl (C=O) groups excluding carboxylic acids is 1. The lowest BCUT2D eigenvalue weighted by Gasteiger charge is -2.11. The summed E-state index contributed by atoms with van der Waals surface area (Å²) < 4.78 is 0. The van der Waals surface area contributed by atoms with Gasteiger partial charge in [0.25, 0.3) is 0 Å². The van der Waals surface area contributed by atoms with E-state index >= 15 is 0 Å². The fourth-order valence-electron chi connectivity index (χ4n) is 2.27. The fraction of sp³-hybridized carbons (Fsp3) is 0.353. The van der Waals surface area contributed by atoms with E-state index in [0.29, 0.717) is 17.1 Å². The molecule has 0 spiro atoms. The van der Waals surface area contributed by atoms with Crippen LogP contribution in [0.5, 0.6) is 0 Å². The first-order valence-electron chi connectivity index (χ1n) is 7.70. The number of thiazole rings is 1. The molecular weight excluding hydrogens is 348 g/mol. The van der Waals surface area contributed by atoms with Crippen molar-refractivity contribution in [2.75, 3.05) is 6.54 Å². The van der Waals surface area contributed by atoms with Crippen LogP contribution in [-0.4, -0.2) is 28.5 Å². The van der Waals surface area contributed by atoms with Crippen molar-refractivity contribution in [2.24, 2.45) is 5.92 Å². The topological polar surface area (TPSA) is 79.3 Å². The third kappa shape index (κ3) is 5.04. The minimum atomic E-state index is -0.883. The molecule has 1 unspecified atom stereocenters. The highest BCUT2D eigenvalue weighted by Crippen LogP contribution is 2.30. The summed E-state index contributed by atoms with van der Waals surface area (Å²) in [6, 6.07) is 7.41. The molecular formula is C17H19ClN2O3S. The molecule has 1 heterocycles. The first kappa shape index (κ1) is 18.4. The Hall–Kier alpha value is -1.92. The molecule has 1 amide bonds. The lowest BCUT2D eigenvalue weighted by Crippen LogP contribution is -2.33. The van der Waals surface area contributed by atoms with Gasteiger partial charge in [0.05, 0.1) is 23.1 Å². The van der Waals surface area contributed by atoms with E-state index in [1.807, 2.05) is 30.5 Å². The zero-order chi connectivity index (χ0) is 17.5. The van der Waals surface area contributed by atoms with Gasteiger partial charge < -0.3 is 10.4 Å². The molecule has 0 aliphatic rings. The molecule has 0 fully saturated rings. The molecule has 24 heavy (non-hydrogen) atoms. The highest BCUT2D eigenvalue weighted by Gasteiger charge is 2.18. The molecule has 1 aromatic heterocycles. The number of carbonyl (C=O) groups is 2. The third-order valence-electron chi connectivity index (χ3n) is 3.53. The standard InChI is InChI=1S/C17H19ClN2O3S/c1-2-5-11(17(22)23)9-19-15(21)8-12-10-24-16(20-12)13-6-3-4-7-14(13)18/h3-4,6-7,10-11H,2,5,8-9H2,1H3,(H,19,21)(H,22,23). The Morgan fingerprint density at radius 1 is 1.38 bits per heavy atom. The van der Waals surface area contributed by atoms with Crippen molar-refractivity contribution in [1.29, 1.82) is 0 Å². The molecule has 0 saturated heterocycles. The Morgan fingerprint density at radius 2 is 2.12 bits per heavy atom. The van der Waals surface area contributed by atoms with E-state index in [1.54, 1.807) is 6.07 Å². The highest BCUT2D eigenvalue weighted by molar-refractivity contribution is 7.13. The first-order chi connectivity index (χ1) is 11.5. The number of aromatic nitrogens is 1. The van der Waals surface area contributed by atoms with Crippen LogP contribution in [0.3, 0.4) is 0 Å². The molecule has 2 aromatic rings. The number of nitrogens with one attached hydrogen (secondary N) is 1. The lowest BCUT2D eigenvalue weighted by molar-refractivity contribution is -0.141. The van der Waals surface area contributed by atoms with Crippen molar-refractivity contribution >= 4 is 34.8 Å². The zero-order valence-corrected chi connectivity index (χ0v) is 14.9. The number of rotatable bonds is 8. The van der Waals surface area contributed by atoms with Gasteiger partial charge >= 0.3 is 5.97 Å². The number of benzene rings is 1. The normalized spacial score (nSPS) is 11.9. The Labute approximate surface area is 149 Å². The highest BCUT2D eigenvalue weighted by atomic mass is 35.5. The Balaban J connectivity index is 1.93. The summed E-state index contributed by atoms with van der Waals surface area (Å²) in [5.74, 6) is -1.66. The van der Waals surface area contributed by atoms with Gasteiger partial charge in [0.15, 0.2) is 0 Å². The van der Waals surface area contributed by atoms with Gasteiger partial charge in [-0.25, -0.2) is 4.98 Å². The predicted molar refractivity (Wildman–Crippen MR) is 95.3 cm³/mol. The smallest absolute Gasteiger partial charge is 0.308 e. The van der Waals surface area contributed by atoms with Gasteiger partial charge in [-0.05, 0) is 12.5 Å². The minimum Gasteiger partial charge on any atom is -0.481 e. The van der Waals surface area contributed by atoms with E-state index in [-0.39, 0.29) is 18.9 Å². The van der Waals surface area contributed by atoms with Gasteiger partial charge in [-0.1, -0.05) is 43.1 Å². The number of halogens is 1. The zero-order valence-electron chi connectivity index (χ0n) is 13.3. The predicted octanol–water partition coefficient (Wildman–Crippen LogP) is 3.62. The van der Waals surface area contributed by atoms with Gasteiger partial charge in [-0.3, -0.25) is 9.59 Å². The molecule has 0 aliphatic carbocycles. The van der Waals surface area contributed by atoms with Gasteiger partial charge in [0.2, 0.25) is 5.91 Å². The van der Waals surface area contributed by atoms with Gasteiger partial charge in [-0.2, -0.15) is 0 Å². The number of carboxylic acids is 1. The van der Waals surface area contributed by atoms with Crippen molar-refractivity contribution in [3.63, 3.8) is 0 Å². The number of carboxylic acid groups (broad SMARTS) is 1. The molecule has 128 valence electrons. The molecule has 1 aromatic carbocycles. The van der Waals surface area contributed by atoms with E-state index in [1.165, 1.54) is 11.3 Å². The fourth-order valence-corrected chi connectivity index (χ4v) is 3.41. The van der Waals surface area contributed by atoms with Crippen LogP contribution < -0.4 is 5.32 Å². The monoisotopic (exact) mass is 366 g/mol. The van der Waals surface area contributed by atoms with Crippen LogP contribution in [0.1, 0.15) is 25.5 Å². The summed E-state index contributed by atoms with van der Waals surface area (Å²) >= 11 is 7.58. The molecule has 1 atom stereocenters. The number of nitrogens with zero attached hydrogens (tertiary/aromatic N) is 1. The SMILES string of the molecule is CCCC(CNC(=O)Cc1csc(-c2ccccc2Cl)n1)C(=O)O. The molecule has 0 saturated carbocycles. The van der Waals surface area contributed by atoms with E-state index in [4.69, 9.17) is 16.7 Å². The minimum absolute atomic E-state index is 0.124. The summed E-state index contributed by atoms with van der Waals surface area (Å²) in [6.07, 6.45) is 1.43. The van der Waals surface area contributed by atoms with Gasteiger partial charge in [0, 0.05) is 17.5 Å². The summed E-state index contributed by atoms with van der Waals surface area (Å²) in [6.45, 7) is 2.06. The Morgan fingerprint density at radius 3 is 2.79 bits per heavy atom. The molecule has 0 aliphatic heterocycles. The average molecular weight is 367 g/mol. The van der Waals surface area contributed by atoms with Crippen molar-refractivity contribution in [3.8, 4) is 10.6 Å². The van der Waals surface area contributed by atoms with E-state index in [0.717, 1.165) is 17.0 Å². The first-order valence-corrected chi connectivity index (χ1v) is 8.95. The van der Waals surface area contributed by atoms with Gasteiger partial charge in [0.1, 0.15) is 5.01 Å². The average Bonchev–Trinajstić information content (AvgIpc) is 2.99. The van der Waals surface area contributed by atoms with Crippen LogP contribution in [-0.2, 0) is 16.0 Å². The molecule has 5 nitrogen and oxygen atoms in total. The number of hydrogen-bond acceptors (Lipinski definition) is 4. The second-order valence-electron chi connectivity index (χ2n) is 5.43. The van der Waals surface area contributed by atoms with E-state index < -0.39 is 11.9 Å². The van der Waals surface area contributed by atoms with Crippen LogP contribution in [0.4, 0.5) is 0 Å². The molecule has 0 radical (unpaired) electrons. The maximum absolute atomic E-state index is 12.0. The van der Waals surface area contributed by atoms with Crippen LogP contribution in [0, 0.1) is 5.92 Å². The van der Waals surface area contributed by atoms with Crippen molar-refractivity contribution < 1.29 is 14.7 Å². The van der Waals surface area contributed by atoms with Crippen LogP contribution in [0.25, 0.3) is 10.6 Å². The Kier molecular flexibility index (Phi) is 6.75.